The predicted molar refractivity (Wildman–Crippen MR) is 52.5 cm³/mol. The number of benzene rings is 1. The highest BCUT2D eigenvalue weighted by Crippen LogP contribution is 2.41. The van der Waals surface area contributed by atoms with Gasteiger partial charge in [0.1, 0.15) is 5.60 Å². The van der Waals surface area contributed by atoms with Crippen molar-refractivity contribution in [3.63, 3.8) is 0 Å². The van der Waals surface area contributed by atoms with E-state index >= 15 is 0 Å². The summed E-state index contributed by atoms with van der Waals surface area (Å²) >= 11 is 5.78. The molecule has 1 aromatic rings. The molecule has 0 amide bonds. The van der Waals surface area contributed by atoms with Crippen LogP contribution in [0.4, 0.5) is 0 Å². The van der Waals surface area contributed by atoms with Gasteiger partial charge in [0.25, 0.3) is 0 Å². The summed E-state index contributed by atoms with van der Waals surface area (Å²) in [5.74, 6) is 2.63. The Morgan fingerprint density at radius 3 is 2.54 bits per heavy atom. The number of rotatable bonds is 2. The molecule has 0 N–H and O–H groups in total. The third-order valence-electron chi connectivity index (χ3n) is 2.25. The van der Waals surface area contributed by atoms with Gasteiger partial charge in [-0.2, -0.15) is 0 Å². The first-order valence-corrected chi connectivity index (χ1v) is 4.48. The van der Waals surface area contributed by atoms with E-state index in [1.54, 1.807) is 0 Å². The van der Waals surface area contributed by atoms with E-state index in [1.165, 1.54) is 0 Å². The standard InChI is InChI=1S/C11H9ClO/c1-2-7-11(8-13-11)9-3-5-10(12)6-4-9/h1,3-6H,7-8H2. The Hall–Kier alpha value is -0.970. The molecule has 1 atom stereocenters. The van der Waals surface area contributed by atoms with Crippen LogP contribution in [0.5, 0.6) is 0 Å². The molecule has 2 rings (SSSR count). The maximum atomic E-state index is 5.78. The van der Waals surface area contributed by atoms with Crippen LogP contribution < -0.4 is 0 Å². The van der Waals surface area contributed by atoms with E-state index in [-0.39, 0.29) is 5.60 Å². The van der Waals surface area contributed by atoms with Gasteiger partial charge in [0, 0.05) is 11.4 Å². The van der Waals surface area contributed by atoms with Gasteiger partial charge in [-0.3, -0.25) is 0 Å². The van der Waals surface area contributed by atoms with Crippen LogP contribution in [-0.4, -0.2) is 6.61 Å². The second-order valence-electron chi connectivity index (χ2n) is 3.17. The van der Waals surface area contributed by atoms with Crippen molar-refractivity contribution in [3.8, 4) is 12.3 Å². The number of epoxide rings is 1. The summed E-state index contributed by atoms with van der Waals surface area (Å²) in [7, 11) is 0. The minimum atomic E-state index is -0.209. The normalized spacial score (nSPS) is 25.2. The first kappa shape index (κ1) is 8.62. The molecule has 0 aliphatic carbocycles. The Kier molecular flexibility index (Phi) is 2.03. The Balaban J connectivity index is 2.26. The largest absolute Gasteiger partial charge is 0.363 e. The average Bonchev–Trinajstić information content (AvgIpc) is 2.87. The Morgan fingerprint density at radius 2 is 2.08 bits per heavy atom. The molecule has 66 valence electrons. The minimum absolute atomic E-state index is 0.209. The maximum Gasteiger partial charge on any atom is 0.127 e. The lowest BCUT2D eigenvalue weighted by atomic mass is 9.97. The summed E-state index contributed by atoms with van der Waals surface area (Å²) in [5, 5.41) is 0.736. The van der Waals surface area contributed by atoms with E-state index in [1.807, 2.05) is 24.3 Å². The molecule has 1 aliphatic rings. The minimum Gasteiger partial charge on any atom is -0.363 e. The molecule has 0 saturated carbocycles. The zero-order valence-electron chi connectivity index (χ0n) is 7.09. The van der Waals surface area contributed by atoms with Gasteiger partial charge in [-0.15, -0.1) is 12.3 Å². The van der Waals surface area contributed by atoms with Gasteiger partial charge in [0.05, 0.1) is 6.61 Å². The fourth-order valence-electron chi connectivity index (χ4n) is 1.38. The third kappa shape index (κ3) is 1.56. The summed E-state index contributed by atoms with van der Waals surface area (Å²) in [6.07, 6.45) is 5.90. The molecule has 13 heavy (non-hydrogen) atoms. The fraction of sp³-hybridized carbons (Fsp3) is 0.273. The lowest BCUT2D eigenvalue weighted by Crippen LogP contribution is -2.06. The van der Waals surface area contributed by atoms with Crippen molar-refractivity contribution < 1.29 is 4.74 Å². The van der Waals surface area contributed by atoms with E-state index in [9.17, 15) is 0 Å². The SMILES string of the molecule is C#CCC1(c2ccc(Cl)cc2)CO1. The molecular weight excluding hydrogens is 184 g/mol. The molecule has 1 saturated heterocycles. The smallest absolute Gasteiger partial charge is 0.127 e. The first-order chi connectivity index (χ1) is 6.27. The third-order valence-corrected chi connectivity index (χ3v) is 2.50. The quantitative estimate of drug-likeness (QED) is 0.519. The zero-order valence-corrected chi connectivity index (χ0v) is 7.84. The van der Waals surface area contributed by atoms with Crippen LogP contribution in [0.3, 0.4) is 0 Å². The van der Waals surface area contributed by atoms with Crippen molar-refractivity contribution in [3.05, 3.63) is 34.9 Å². The topological polar surface area (TPSA) is 12.5 Å². The van der Waals surface area contributed by atoms with Crippen molar-refractivity contribution in [1.29, 1.82) is 0 Å². The van der Waals surface area contributed by atoms with Crippen LogP contribution >= 0.6 is 11.6 Å². The molecule has 1 unspecified atom stereocenters. The van der Waals surface area contributed by atoms with Crippen molar-refractivity contribution in [2.24, 2.45) is 0 Å². The number of terminal acetylenes is 1. The molecule has 1 nitrogen and oxygen atoms in total. The monoisotopic (exact) mass is 192 g/mol. The van der Waals surface area contributed by atoms with Crippen LogP contribution in [-0.2, 0) is 10.3 Å². The molecular formula is C11H9ClO. The Bertz CT molecular complexity index is 343. The van der Waals surface area contributed by atoms with Crippen molar-refractivity contribution in [2.75, 3.05) is 6.61 Å². The van der Waals surface area contributed by atoms with Gasteiger partial charge >= 0.3 is 0 Å². The van der Waals surface area contributed by atoms with E-state index in [2.05, 4.69) is 5.92 Å². The molecule has 0 spiro atoms. The Labute approximate surface area is 82.7 Å². The van der Waals surface area contributed by atoms with Gasteiger partial charge in [-0.1, -0.05) is 23.7 Å². The fourth-order valence-corrected chi connectivity index (χ4v) is 1.50. The summed E-state index contributed by atoms with van der Waals surface area (Å²) in [5.41, 5.74) is 0.911. The first-order valence-electron chi connectivity index (χ1n) is 4.10. The molecule has 0 aromatic heterocycles. The number of hydrogen-bond acceptors (Lipinski definition) is 1. The van der Waals surface area contributed by atoms with Crippen molar-refractivity contribution >= 4 is 11.6 Å². The number of ether oxygens (including phenoxy) is 1. The molecule has 0 radical (unpaired) electrons. The average molecular weight is 193 g/mol. The molecule has 1 heterocycles. The second-order valence-corrected chi connectivity index (χ2v) is 3.61. The zero-order chi connectivity index (χ0) is 9.31. The maximum absolute atomic E-state index is 5.78. The predicted octanol–water partition coefficient (Wildman–Crippen LogP) is 2.59. The summed E-state index contributed by atoms with van der Waals surface area (Å²) in [6.45, 7) is 0.721. The van der Waals surface area contributed by atoms with E-state index in [0.29, 0.717) is 6.42 Å². The summed E-state index contributed by atoms with van der Waals surface area (Å²) in [6, 6.07) is 7.65. The lowest BCUT2D eigenvalue weighted by Gasteiger charge is -2.07. The van der Waals surface area contributed by atoms with Gasteiger partial charge < -0.3 is 4.74 Å². The Morgan fingerprint density at radius 1 is 1.46 bits per heavy atom. The summed E-state index contributed by atoms with van der Waals surface area (Å²) < 4.78 is 5.38. The van der Waals surface area contributed by atoms with Crippen LogP contribution in [0.25, 0.3) is 0 Å². The molecule has 2 heteroatoms. The van der Waals surface area contributed by atoms with Crippen LogP contribution in [0.15, 0.2) is 24.3 Å². The van der Waals surface area contributed by atoms with Crippen molar-refractivity contribution in [1.82, 2.24) is 0 Å². The van der Waals surface area contributed by atoms with E-state index in [0.717, 1.165) is 17.2 Å². The lowest BCUT2D eigenvalue weighted by molar-refractivity contribution is 0.313. The highest BCUT2D eigenvalue weighted by molar-refractivity contribution is 6.30. The second kappa shape index (κ2) is 3.06. The van der Waals surface area contributed by atoms with Gasteiger partial charge in [-0.25, -0.2) is 0 Å². The van der Waals surface area contributed by atoms with Crippen LogP contribution in [0.2, 0.25) is 5.02 Å². The van der Waals surface area contributed by atoms with Crippen molar-refractivity contribution in [2.45, 2.75) is 12.0 Å². The number of halogens is 1. The van der Waals surface area contributed by atoms with Crippen LogP contribution in [0.1, 0.15) is 12.0 Å². The van der Waals surface area contributed by atoms with E-state index < -0.39 is 0 Å². The summed E-state index contributed by atoms with van der Waals surface area (Å²) in [4.78, 5) is 0. The van der Waals surface area contributed by atoms with Crippen LogP contribution in [0, 0.1) is 12.3 Å². The molecule has 1 aromatic carbocycles. The van der Waals surface area contributed by atoms with Gasteiger partial charge in [0.15, 0.2) is 0 Å². The van der Waals surface area contributed by atoms with Gasteiger partial charge in [-0.05, 0) is 17.7 Å². The highest BCUT2D eigenvalue weighted by atomic mass is 35.5. The van der Waals surface area contributed by atoms with Gasteiger partial charge in [0.2, 0.25) is 0 Å². The molecule has 1 fully saturated rings. The number of hydrogen-bond donors (Lipinski definition) is 0. The highest BCUT2D eigenvalue weighted by Gasteiger charge is 2.45. The molecule has 1 aliphatic heterocycles. The van der Waals surface area contributed by atoms with E-state index in [4.69, 9.17) is 22.8 Å². The molecule has 0 bridgehead atoms.